The number of rotatable bonds is 7. The molecule has 0 atom stereocenters. The van der Waals surface area contributed by atoms with Crippen LogP contribution < -0.4 is 15.5 Å². The number of furan rings is 1. The van der Waals surface area contributed by atoms with E-state index in [4.69, 9.17) is 9.15 Å². The van der Waals surface area contributed by atoms with E-state index in [1.165, 1.54) is 18.5 Å². The van der Waals surface area contributed by atoms with Crippen molar-refractivity contribution in [3.63, 3.8) is 0 Å². The summed E-state index contributed by atoms with van der Waals surface area (Å²) >= 11 is 3.31. The molecule has 0 bridgehead atoms. The summed E-state index contributed by atoms with van der Waals surface area (Å²) in [5.74, 6) is -0.955. The molecule has 0 aliphatic rings. The van der Waals surface area contributed by atoms with Crippen molar-refractivity contribution in [2.45, 2.75) is 0 Å². The van der Waals surface area contributed by atoms with Crippen LogP contribution in [-0.2, 0) is 4.79 Å². The Kier molecular flexibility index (Phi) is 7.12. The average molecular weight is 470 g/mol. The fourth-order valence-electron chi connectivity index (χ4n) is 2.25. The summed E-state index contributed by atoms with van der Waals surface area (Å²) in [7, 11) is 0. The second-order valence-electron chi connectivity index (χ2n) is 5.92. The molecule has 2 aromatic carbocycles. The monoisotopic (exact) mass is 469 g/mol. The van der Waals surface area contributed by atoms with Crippen LogP contribution in [0.25, 0.3) is 0 Å². The van der Waals surface area contributed by atoms with Crippen molar-refractivity contribution in [3.05, 3.63) is 88.3 Å². The number of hydrazone groups is 1. The topological polar surface area (TPSA) is 110 Å². The molecule has 152 valence electrons. The van der Waals surface area contributed by atoms with Gasteiger partial charge in [0.25, 0.3) is 11.8 Å². The Hall–Kier alpha value is -3.72. The van der Waals surface area contributed by atoms with Crippen molar-refractivity contribution < 1.29 is 23.5 Å². The Morgan fingerprint density at radius 1 is 1.03 bits per heavy atom. The SMILES string of the molecule is O=C(CNC(=O)c1ccco1)N/N=C\c1ccc(OC(=O)c2ccc(Br)cc2)cc1. The molecule has 30 heavy (non-hydrogen) atoms. The summed E-state index contributed by atoms with van der Waals surface area (Å²) in [4.78, 5) is 35.5. The molecule has 2 amide bonds. The van der Waals surface area contributed by atoms with Crippen molar-refractivity contribution >= 4 is 39.9 Å². The van der Waals surface area contributed by atoms with Gasteiger partial charge in [-0.3, -0.25) is 9.59 Å². The predicted octanol–water partition coefficient (Wildman–Crippen LogP) is 3.14. The number of amides is 2. The van der Waals surface area contributed by atoms with E-state index in [1.54, 1.807) is 54.6 Å². The number of halogens is 1. The van der Waals surface area contributed by atoms with Crippen LogP contribution in [0, 0.1) is 0 Å². The van der Waals surface area contributed by atoms with E-state index >= 15 is 0 Å². The summed E-state index contributed by atoms with van der Waals surface area (Å²) in [5.41, 5.74) is 3.42. The summed E-state index contributed by atoms with van der Waals surface area (Å²) in [6.07, 6.45) is 2.79. The van der Waals surface area contributed by atoms with Gasteiger partial charge < -0.3 is 14.5 Å². The quantitative estimate of drug-likeness (QED) is 0.239. The molecule has 0 fully saturated rings. The van der Waals surface area contributed by atoms with Gasteiger partial charge in [0.1, 0.15) is 5.75 Å². The van der Waals surface area contributed by atoms with Crippen LogP contribution in [0.2, 0.25) is 0 Å². The van der Waals surface area contributed by atoms with E-state index in [9.17, 15) is 14.4 Å². The molecule has 3 aromatic rings. The Labute approximate surface area is 180 Å². The number of hydrogen-bond donors (Lipinski definition) is 2. The van der Waals surface area contributed by atoms with Gasteiger partial charge in [0, 0.05) is 4.47 Å². The first-order chi connectivity index (χ1) is 14.5. The first-order valence-electron chi connectivity index (χ1n) is 8.73. The van der Waals surface area contributed by atoms with Gasteiger partial charge >= 0.3 is 5.97 Å². The standard InChI is InChI=1S/C21H16BrN3O5/c22-16-7-5-15(6-8-16)21(28)30-17-9-3-14(4-10-17)12-24-25-19(26)13-23-20(27)18-2-1-11-29-18/h1-12H,13H2,(H,23,27)(H,25,26)/b24-12-. The fraction of sp³-hybridized carbons (Fsp3) is 0.0476. The van der Waals surface area contributed by atoms with E-state index < -0.39 is 17.8 Å². The Balaban J connectivity index is 1.44. The molecule has 0 radical (unpaired) electrons. The minimum Gasteiger partial charge on any atom is -0.459 e. The zero-order valence-corrected chi connectivity index (χ0v) is 17.1. The molecule has 0 saturated carbocycles. The highest BCUT2D eigenvalue weighted by Gasteiger charge is 2.10. The Morgan fingerprint density at radius 2 is 1.77 bits per heavy atom. The third kappa shape index (κ3) is 6.14. The van der Waals surface area contributed by atoms with Crippen LogP contribution in [0.15, 0.2) is 80.9 Å². The van der Waals surface area contributed by atoms with Crippen LogP contribution in [0.3, 0.4) is 0 Å². The summed E-state index contributed by atoms with van der Waals surface area (Å²) < 4.78 is 11.1. The predicted molar refractivity (Wildman–Crippen MR) is 112 cm³/mol. The summed E-state index contributed by atoms with van der Waals surface area (Å²) in [6, 6.07) is 16.5. The number of nitrogens with one attached hydrogen (secondary N) is 2. The second-order valence-corrected chi connectivity index (χ2v) is 6.83. The van der Waals surface area contributed by atoms with Crippen molar-refractivity contribution in [1.29, 1.82) is 0 Å². The fourth-order valence-corrected chi connectivity index (χ4v) is 2.51. The van der Waals surface area contributed by atoms with Crippen molar-refractivity contribution in [2.24, 2.45) is 5.10 Å². The van der Waals surface area contributed by atoms with Gasteiger partial charge in [-0.25, -0.2) is 10.2 Å². The van der Waals surface area contributed by atoms with Crippen LogP contribution >= 0.6 is 15.9 Å². The lowest BCUT2D eigenvalue weighted by molar-refractivity contribution is -0.120. The summed E-state index contributed by atoms with van der Waals surface area (Å²) in [6.45, 7) is -0.248. The number of nitrogens with zero attached hydrogens (tertiary/aromatic N) is 1. The minimum absolute atomic E-state index is 0.118. The largest absolute Gasteiger partial charge is 0.459 e. The first kappa shape index (κ1) is 21.0. The number of carbonyl (C=O) groups excluding carboxylic acids is 3. The molecule has 0 unspecified atom stereocenters. The van der Waals surface area contributed by atoms with Crippen molar-refractivity contribution in [1.82, 2.24) is 10.7 Å². The highest BCUT2D eigenvalue weighted by Crippen LogP contribution is 2.15. The lowest BCUT2D eigenvalue weighted by Crippen LogP contribution is -2.34. The van der Waals surface area contributed by atoms with Crippen molar-refractivity contribution in [2.75, 3.05) is 6.54 Å². The molecule has 8 nitrogen and oxygen atoms in total. The molecule has 1 heterocycles. The normalized spacial score (nSPS) is 10.6. The molecule has 0 aliphatic carbocycles. The molecule has 2 N–H and O–H groups in total. The number of hydrogen-bond acceptors (Lipinski definition) is 6. The van der Waals surface area contributed by atoms with E-state index in [1.807, 2.05) is 0 Å². The van der Waals surface area contributed by atoms with Gasteiger partial charge in [-0.1, -0.05) is 15.9 Å². The molecule has 0 saturated heterocycles. The third-order valence-electron chi connectivity index (χ3n) is 3.73. The Morgan fingerprint density at radius 3 is 2.43 bits per heavy atom. The number of ether oxygens (including phenoxy) is 1. The Bertz CT molecular complexity index is 1050. The number of benzene rings is 2. The molecule has 0 aliphatic heterocycles. The molecule has 1 aromatic heterocycles. The van der Waals surface area contributed by atoms with Gasteiger partial charge in [0.15, 0.2) is 5.76 Å². The third-order valence-corrected chi connectivity index (χ3v) is 4.26. The minimum atomic E-state index is -0.494. The van der Waals surface area contributed by atoms with E-state index in [0.717, 1.165) is 4.47 Å². The molecule has 0 spiro atoms. The number of carbonyl (C=O) groups is 3. The second kappa shape index (κ2) is 10.2. The van der Waals surface area contributed by atoms with Crippen LogP contribution in [0.4, 0.5) is 0 Å². The highest BCUT2D eigenvalue weighted by molar-refractivity contribution is 9.10. The lowest BCUT2D eigenvalue weighted by Gasteiger charge is -2.05. The first-order valence-corrected chi connectivity index (χ1v) is 9.52. The van der Waals surface area contributed by atoms with Crippen molar-refractivity contribution in [3.8, 4) is 5.75 Å². The zero-order chi connectivity index (χ0) is 21.3. The smallest absolute Gasteiger partial charge is 0.343 e. The van der Waals surface area contributed by atoms with E-state index in [0.29, 0.717) is 16.9 Å². The number of esters is 1. The zero-order valence-electron chi connectivity index (χ0n) is 15.5. The van der Waals surface area contributed by atoms with Gasteiger partial charge in [-0.2, -0.15) is 5.10 Å². The average Bonchev–Trinajstić information content (AvgIpc) is 3.29. The molecule has 3 rings (SSSR count). The summed E-state index contributed by atoms with van der Waals surface area (Å²) in [5, 5.41) is 6.22. The molecular formula is C21H16BrN3O5. The van der Waals surface area contributed by atoms with Crippen LogP contribution in [0.5, 0.6) is 5.75 Å². The van der Waals surface area contributed by atoms with Gasteiger partial charge in [-0.15, -0.1) is 0 Å². The maximum atomic E-state index is 12.1. The van der Waals surface area contributed by atoms with Gasteiger partial charge in [0.05, 0.1) is 24.6 Å². The molecular weight excluding hydrogens is 454 g/mol. The van der Waals surface area contributed by atoms with E-state index in [-0.39, 0.29) is 12.3 Å². The lowest BCUT2D eigenvalue weighted by atomic mass is 10.2. The molecule has 9 heteroatoms. The van der Waals surface area contributed by atoms with Crippen LogP contribution in [0.1, 0.15) is 26.5 Å². The maximum absolute atomic E-state index is 12.1. The highest BCUT2D eigenvalue weighted by atomic mass is 79.9. The maximum Gasteiger partial charge on any atom is 0.343 e. The van der Waals surface area contributed by atoms with Gasteiger partial charge in [-0.05, 0) is 66.2 Å². The van der Waals surface area contributed by atoms with Gasteiger partial charge in [0.2, 0.25) is 0 Å². The van der Waals surface area contributed by atoms with E-state index in [2.05, 4.69) is 31.8 Å². The van der Waals surface area contributed by atoms with Crippen LogP contribution in [-0.4, -0.2) is 30.5 Å².